The molecule has 0 bridgehead atoms. The van der Waals surface area contributed by atoms with E-state index >= 15 is 0 Å². The molecule has 1 aromatic carbocycles. The lowest BCUT2D eigenvalue weighted by Gasteiger charge is -2.33. The van der Waals surface area contributed by atoms with Crippen LogP contribution in [0, 0.1) is 5.92 Å². The van der Waals surface area contributed by atoms with E-state index in [4.69, 9.17) is 0 Å². The van der Waals surface area contributed by atoms with Gasteiger partial charge in [0.05, 0.1) is 6.04 Å². The van der Waals surface area contributed by atoms with Crippen molar-refractivity contribution in [1.82, 2.24) is 10.2 Å². The van der Waals surface area contributed by atoms with Crippen molar-refractivity contribution < 1.29 is 9.18 Å². The molecule has 1 unspecified atom stereocenters. The van der Waals surface area contributed by atoms with E-state index in [1.807, 2.05) is 37.3 Å². The Morgan fingerprint density at radius 2 is 2.05 bits per heavy atom. The summed E-state index contributed by atoms with van der Waals surface area (Å²) < 4.78 is 13.1. The molecular weight excluding hydrogens is 243 g/mol. The topological polar surface area (TPSA) is 32.3 Å². The first-order valence-electron chi connectivity index (χ1n) is 6.84. The van der Waals surface area contributed by atoms with Crippen LogP contribution >= 0.6 is 0 Å². The lowest BCUT2D eigenvalue weighted by Crippen LogP contribution is -2.44. The smallest absolute Gasteiger partial charge is 0.224 e. The number of rotatable bonds is 6. The molecule has 3 nitrogen and oxygen atoms in total. The van der Waals surface area contributed by atoms with Crippen molar-refractivity contribution in [3.63, 3.8) is 0 Å². The number of hydrogen-bond donors (Lipinski definition) is 1. The highest BCUT2D eigenvalue weighted by Crippen LogP contribution is 2.15. The zero-order valence-electron chi connectivity index (χ0n) is 11.3. The predicted octanol–water partition coefficient (Wildman–Crippen LogP) is 2.16. The number of carbonyl (C=O) groups excluding carboxylic acids is 1. The van der Waals surface area contributed by atoms with Gasteiger partial charge in [0.2, 0.25) is 5.91 Å². The van der Waals surface area contributed by atoms with Crippen molar-refractivity contribution in [2.24, 2.45) is 5.92 Å². The maximum Gasteiger partial charge on any atom is 0.224 e. The molecule has 0 aromatic heterocycles. The van der Waals surface area contributed by atoms with Gasteiger partial charge in [-0.2, -0.15) is 0 Å². The van der Waals surface area contributed by atoms with Crippen molar-refractivity contribution in [2.75, 3.05) is 26.3 Å². The number of amides is 1. The number of halogens is 1. The van der Waals surface area contributed by atoms with Gasteiger partial charge in [0.15, 0.2) is 0 Å². The molecule has 1 saturated heterocycles. The largest absolute Gasteiger partial charge is 0.346 e. The summed E-state index contributed by atoms with van der Waals surface area (Å²) in [4.78, 5) is 14.3. The van der Waals surface area contributed by atoms with E-state index in [-0.39, 0.29) is 11.8 Å². The SMILES string of the molecule is CC(CN1CCC1)C(=O)N[C@@H](CF)c1ccccc1. The normalized spacial score (nSPS) is 18.4. The molecule has 1 N–H and O–H groups in total. The maximum atomic E-state index is 13.1. The van der Waals surface area contributed by atoms with Gasteiger partial charge in [-0.25, -0.2) is 4.39 Å². The number of alkyl halides is 1. The third-order valence-electron chi connectivity index (χ3n) is 3.60. The molecule has 0 aliphatic carbocycles. The summed E-state index contributed by atoms with van der Waals surface area (Å²) in [6.07, 6.45) is 1.21. The van der Waals surface area contributed by atoms with Crippen LogP contribution in [0.4, 0.5) is 4.39 Å². The van der Waals surface area contributed by atoms with E-state index in [0.717, 1.165) is 25.2 Å². The number of nitrogens with one attached hydrogen (secondary N) is 1. The molecule has 104 valence electrons. The molecule has 4 heteroatoms. The molecule has 2 rings (SSSR count). The zero-order valence-corrected chi connectivity index (χ0v) is 11.3. The molecule has 1 amide bonds. The molecule has 0 spiro atoms. The first kappa shape index (κ1) is 14.0. The third kappa shape index (κ3) is 3.77. The van der Waals surface area contributed by atoms with E-state index in [1.54, 1.807) is 0 Å². The van der Waals surface area contributed by atoms with Crippen LogP contribution in [0.1, 0.15) is 24.9 Å². The number of hydrogen-bond acceptors (Lipinski definition) is 2. The summed E-state index contributed by atoms with van der Waals surface area (Å²) in [7, 11) is 0. The van der Waals surface area contributed by atoms with Crippen molar-refractivity contribution in [3.8, 4) is 0 Å². The third-order valence-corrected chi connectivity index (χ3v) is 3.60. The minimum Gasteiger partial charge on any atom is -0.346 e. The van der Waals surface area contributed by atoms with E-state index in [9.17, 15) is 9.18 Å². The second-order valence-corrected chi connectivity index (χ2v) is 5.18. The highest BCUT2D eigenvalue weighted by Gasteiger charge is 2.23. The van der Waals surface area contributed by atoms with E-state index in [0.29, 0.717) is 0 Å². The van der Waals surface area contributed by atoms with Gasteiger partial charge in [-0.3, -0.25) is 4.79 Å². The summed E-state index contributed by atoms with van der Waals surface area (Å²) in [6, 6.07) is 8.73. The Morgan fingerprint density at radius 3 is 2.58 bits per heavy atom. The van der Waals surface area contributed by atoms with Gasteiger partial charge in [0.1, 0.15) is 6.67 Å². The van der Waals surface area contributed by atoms with E-state index < -0.39 is 12.7 Å². The number of likely N-dealkylation sites (tertiary alicyclic amines) is 1. The van der Waals surface area contributed by atoms with Crippen molar-refractivity contribution in [1.29, 1.82) is 0 Å². The van der Waals surface area contributed by atoms with Crippen molar-refractivity contribution >= 4 is 5.91 Å². The standard InChI is InChI=1S/C15H21FN2O/c1-12(11-18-8-5-9-18)15(19)17-14(10-16)13-6-3-2-4-7-13/h2-4,6-7,12,14H,5,8-11H2,1H3,(H,17,19)/t12?,14-/m0/s1. The van der Waals surface area contributed by atoms with Gasteiger partial charge in [-0.15, -0.1) is 0 Å². The predicted molar refractivity (Wildman–Crippen MR) is 73.5 cm³/mol. The van der Waals surface area contributed by atoms with Crippen molar-refractivity contribution in [3.05, 3.63) is 35.9 Å². The molecule has 0 radical (unpaired) electrons. The quantitative estimate of drug-likeness (QED) is 0.854. The second kappa shape index (κ2) is 6.66. The Morgan fingerprint density at radius 1 is 1.37 bits per heavy atom. The van der Waals surface area contributed by atoms with Gasteiger partial charge in [-0.05, 0) is 25.1 Å². The van der Waals surface area contributed by atoms with Crippen LogP contribution in [-0.4, -0.2) is 37.1 Å². The Kier molecular flexibility index (Phi) is 4.91. The van der Waals surface area contributed by atoms with Crippen LogP contribution in [0.15, 0.2) is 30.3 Å². The molecule has 1 aliphatic heterocycles. The average molecular weight is 264 g/mol. The first-order valence-corrected chi connectivity index (χ1v) is 6.84. The number of benzene rings is 1. The zero-order chi connectivity index (χ0) is 13.7. The second-order valence-electron chi connectivity index (χ2n) is 5.18. The van der Waals surface area contributed by atoms with Gasteiger partial charge in [-0.1, -0.05) is 37.3 Å². The summed E-state index contributed by atoms with van der Waals surface area (Å²) >= 11 is 0. The van der Waals surface area contributed by atoms with Gasteiger partial charge in [0.25, 0.3) is 0 Å². The van der Waals surface area contributed by atoms with Crippen molar-refractivity contribution in [2.45, 2.75) is 19.4 Å². The summed E-state index contributed by atoms with van der Waals surface area (Å²) in [5, 5.41) is 2.80. The fourth-order valence-corrected chi connectivity index (χ4v) is 2.24. The van der Waals surface area contributed by atoms with Crippen LogP contribution in [-0.2, 0) is 4.79 Å². The summed E-state index contributed by atoms with van der Waals surface area (Å²) in [6.45, 7) is 4.23. The number of nitrogens with zero attached hydrogens (tertiary/aromatic N) is 1. The van der Waals surface area contributed by atoms with Crippen LogP contribution in [0.25, 0.3) is 0 Å². The lowest BCUT2D eigenvalue weighted by molar-refractivity contribution is -0.126. The summed E-state index contributed by atoms with van der Waals surface area (Å²) in [5.74, 6) is -0.170. The van der Waals surface area contributed by atoms with Gasteiger partial charge < -0.3 is 10.2 Å². The highest BCUT2D eigenvalue weighted by molar-refractivity contribution is 5.79. The van der Waals surface area contributed by atoms with E-state index in [1.165, 1.54) is 6.42 Å². The monoisotopic (exact) mass is 264 g/mol. The average Bonchev–Trinajstić information content (AvgIpc) is 2.40. The molecule has 1 fully saturated rings. The molecule has 1 aromatic rings. The Bertz CT molecular complexity index is 406. The maximum absolute atomic E-state index is 13.1. The summed E-state index contributed by atoms with van der Waals surface area (Å²) in [5.41, 5.74) is 0.814. The van der Waals surface area contributed by atoms with Crippen LogP contribution in [0.5, 0.6) is 0 Å². The van der Waals surface area contributed by atoms with Gasteiger partial charge in [0, 0.05) is 12.5 Å². The lowest BCUT2D eigenvalue weighted by atomic mass is 10.0. The molecule has 0 saturated carbocycles. The molecule has 1 heterocycles. The first-order chi connectivity index (χ1) is 9.20. The Hall–Kier alpha value is -1.42. The minimum absolute atomic E-state index is 0.0709. The molecular formula is C15H21FN2O. The highest BCUT2D eigenvalue weighted by atomic mass is 19.1. The fourth-order valence-electron chi connectivity index (χ4n) is 2.24. The van der Waals surface area contributed by atoms with Crippen LogP contribution in [0.2, 0.25) is 0 Å². The van der Waals surface area contributed by atoms with E-state index in [2.05, 4.69) is 10.2 Å². The fraction of sp³-hybridized carbons (Fsp3) is 0.533. The number of carbonyl (C=O) groups is 1. The van der Waals surface area contributed by atoms with Crippen LogP contribution < -0.4 is 5.32 Å². The Labute approximate surface area is 113 Å². The molecule has 1 aliphatic rings. The Balaban J connectivity index is 1.88. The minimum atomic E-state index is -0.577. The molecule has 19 heavy (non-hydrogen) atoms. The van der Waals surface area contributed by atoms with Gasteiger partial charge >= 0.3 is 0 Å². The van der Waals surface area contributed by atoms with Crippen LogP contribution in [0.3, 0.4) is 0 Å². The molecule has 2 atom stereocenters.